The van der Waals surface area contributed by atoms with Crippen LogP contribution in [0.5, 0.6) is 11.8 Å². The zero-order valence-electron chi connectivity index (χ0n) is 14.3. The highest BCUT2D eigenvalue weighted by Gasteiger charge is 2.26. The van der Waals surface area contributed by atoms with Crippen molar-refractivity contribution < 1.29 is 14.3 Å². The maximum Gasteiger partial charge on any atom is 0.522 e. The quantitative estimate of drug-likeness (QED) is 0.668. The lowest BCUT2D eigenvalue weighted by molar-refractivity contribution is 0.147. The molecule has 2 aliphatic heterocycles. The summed E-state index contributed by atoms with van der Waals surface area (Å²) in [5.41, 5.74) is 1.92. The molecule has 2 aromatic rings. The molecule has 0 radical (unpaired) electrons. The Kier molecular flexibility index (Phi) is 5.65. The van der Waals surface area contributed by atoms with E-state index in [1.54, 1.807) is 12.4 Å². The van der Waals surface area contributed by atoms with Gasteiger partial charge in [0.25, 0.3) is 0 Å². The first-order chi connectivity index (χ1) is 12.8. The molecule has 2 aromatic heterocycles. The molecule has 7 heteroatoms. The van der Waals surface area contributed by atoms with E-state index >= 15 is 0 Å². The molecule has 4 heterocycles. The molecule has 5 nitrogen and oxygen atoms in total. The number of thioether (sulfide) groups is 2. The first kappa shape index (κ1) is 17.7. The van der Waals surface area contributed by atoms with Crippen LogP contribution in [0.3, 0.4) is 0 Å². The summed E-state index contributed by atoms with van der Waals surface area (Å²) in [4.78, 5) is 20.9. The van der Waals surface area contributed by atoms with Crippen LogP contribution in [0.15, 0.2) is 36.7 Å². The minimum Gasteiger partial charge on any atom is -0.375 e. The lowest BCUT2D eigenvalue weighted by atomic mass is 10.1. The number of aromatic nitrogens is 2. The Morgan fingerprint density at radius 3 is 1.81 bits per heavy atom. The minimum absolute atomic E-state index is 0.326. The molecule has 2 saturated heterocycles. The standard InChI is InChI=1S/C19H20N2O3S2/c22-19(23-17-13(5-1-9-20-17)15-7-3-11-25-15)24-18-14(6-2-10-21-18)16-8-4-12-26-16/h1-2,5-6,9-10,15-16H,3-4,7-8,11-12H2/t15-,16-/m0/s1. The van der Waals surface area contributed by atoms with E-state index in [1.165, 1.54) is 12.8 Å². The van der Waals surface area contributed by atoms with Crippen molar-refractivity contribution in [1.29, 1.82) is 0 Å². The molecule has 2 fully saturated rings. The number of ether oxygens (including phenoxy) is 2. The molecule has 0 amide bonds. The monoisotopic (exact) mass is 388 g/mol. The second kappa shape index (κ2) is 8.31. The first-order valence-electron chi connectivity index (χ1n) is 8.84. The van der Waals surface area contributed by atoms with Crippen LogP contribution in [-0.2, 0) is 0 Å². The maximum atomic E-state index is 12.4. The molecule has 0 unspecified atom stereocenters. The molecular formula is C19H20N2O3S2. The zero-order valence-corrected chi connectivity index (χ0v) is 15.9. The van der Waals surface area contributed by atoms with Crippen molar-refractivity contribution >= 4 is 29.7 Å². The first-order valence-corrected chi connectivity index (χ1v) is 10.9. The molecule has 0 saturated carbocycles. The van der Waals surface area contributed by atoms with Crippen LogP contribution in [-0.4, -0.2) is 27.6 Å². The number of rotatable bonds is 4. The summed E-state index contributed by atoms with van der Waals surface area (Å²) < 4.78 is 10.9. The van der Waals surface area contributed by atoms with Gasteiger partial charge in [0.15, 0.2) is 0 Å². The molecule has 136 valence electrons. The number of hydrogen-bond donors (Lipinski definition) is 0. The topological polar surface area (TPSA) is 61.3 Å². The number of hydrogen-bond acceptors (Lipinski definition) is 7. The molecule has 2 atom stereocenters. The van der Waals surface area contributed by atoms with E-state index < -0.39 is 6.16 Å². The third kappa shape index (κ3) is 3.99. The maximum absolute atomic E-state index is 12.4. The van der Waals surface area contributed by atoms with Gasteiger partial charge in [-0.25, -0.2) is 14.8 Å². The van der Waals surface area contributed by atoms with Gasteiger partial charge in [-0.05, 0) is 49.3 Å². The van der Waals surface area contributed by atoms with Gasteiger partial charge in [-0.2, -0.15) is 23.5 Å². The number of carbonyl (C=O) groups is 1. The highest BCUT2D eigenvalue weighted by atomic mass is 32.2. The van der Waals surface area contributed by atoms with Gasteiger partial charge in [-0.15, -0.1) is 0 Å². The van der Waals surface area contributed by atoms with Gasteiger partial charge in [0.1, 0.15) is 0 Å². The van der Waals surface area contributed by atoms with Crippen LogP contribution < -0.4 is 9.47 Å². The van der Waals surface area contributed by atoms with Crippen molar-refractivity contribution in [3.63, 3.8) is 0 Å². The summed E-state index contributed by atoms with van der Waals surface area (Å²) in [7, 11) is 0. The molecule has 0 aromatic carbocycles. The van der Waals surface area contributed by atoms with E-state index in [-0.39, 0.29) is 0 Å². The fourth-order valence-electron chi connectivity index (χ4n) is 3.29. The summed E-state index contributed by atoms with van der Waals surface area (Å²) in [6, 6.07) is 7.70. The van der Waals surface area contributed by atoms with E-state index in [9.17, 15) is 4.79 Å². The van der Waals surface area contributed by atoms with Crippen LogP contribution in [0, 0.1) is 0 Å². The van der Waals surface area contributed by atoms with Gasteiger partial charge >= 0.3 is 6.16 Å². The summed E-state index contributed by atoms with van der Waals surface area (Å²) in [5.74, 6) is 2.92. The third-order valence-electron chi connectivity index (χ3n) is 4.51. The molecular weight excluding hydrogens is 368 g/mol. The Hall–Kier alpha value is -1.73. The third-order valence-corrected chi connectivity index (χ3v) is 7.35. The number of pyridine rings is 2. The van der Waals surface area contributed by atoms with Crippen LogP contribution in [0.2, 0.25) is 0 Å². The van der Waals surface area contributed by atoms with Crippen molar-refractivity contribution in [2.45, 2.75) is 36.2 Å². The molecule has 0 N–H and O–H groups in total. The second-order valence-electron chi connectivity index (χ2n) is 6.25. The van der Waals surface area contributed by atoms with E-state index in [2.05, 4.69) is 9.97 Å². The van der Waals surface area contributed by atoms with Crippen molar-refractivity contribution in [3.8, 4) is 11.8 Å². The number of nitrogens with zero attached hydrogens (tertiary/aromatic N) is 2. The van der Waals surface area contributed by atoms with Gasteiger partial charge in [-0.3, -0.25) is 0 Å². The van der Waals surface area contributed by atoms with Crippen molar-refractivity contribution in [2.75, 3.05) is 11.5 Å². The average Bonchev–Trinajstić information content (AvgIpc) is 3.37. The lowest BCUT2D eigenvalue weighted by Crippen LogP contribution is -2.17. The highest BCUT2D eigenvalue weighted by Crippen LogP contribution is 2.44. The average molecular weight is 389 g/mol. The Bertz CT molecular complexity index is 711. The second-order valence-corrected chi connectivity index (χ2v) is 8.87. The van der Waals surface area contributed by atoms with Crippen LogP contribution >= 0.6 is 23.5 Å². The van der Waals surface area contributed by atoms with Gasteiger partial charge in [0.2, 0.25) is 11.8 Å². The fraction of sp³-hybridized carbons (Fsp3) is 0.421. The molecule has 4 rings (SSSR count). The normalized spacial score (nSPS) is 22.3. The van der Waals surface area contributed by atoms with Crippen molar-refractivity contribution in [1.82, 2.24) is 9.97 Å². The fourth-order valence-corrected chi connectivity index (χ4v) is 5.91. The van der Waals surface area contributed by atoms with Gasteiger partial charge in [0, 0.05) is 34.0 Å². The molecule has 0 bridgehead atoms. The summed E-state index contributed by atoms with van der Waals surface area (Å²) in [6.07, 6.45) is 6.97. The van der Waals surface area contributed by atoms with Crippen molar-refractivity contribution in [2.24, 2.45) is 0 Å². The Morgan fingerprint density at radius 2 is 1.38 bits per heavy atom. The number of carbonyl (C=O) groups excluding carboxylic acids is 1. The van der Waals surface area contributed by atoms with E-state index in [0.717, 1.165) is 35.5 Å². The largest absolute Gasteiger partial charge is 0.522 e. The smallest absolute Gasteiger partial charge is 0.375 e. The summed E-state index contributed by atoms with van der Waals surface area (Å²) in [6.45, 7) is 0. The predicted octanol–water partition coefficient (Wildman–Crippen LogP) is 5.19. The molecule has 0 spiro atoms. The molecule has 0 aliphatic carbocycles. The predicted molar refractivity (Wildman–Crippen MR) is 104 cm³/mol. The van der Waals surface area contributed by atoms with E-state index in [4.69, 9.17) is 9.47 Å². The van der Waals surface area contributed by atoms with Gasteiger partial charge in [0.05, 0.1) is 0 Å². The van der Waals surface area contributed by atoms with E-state index in [1.807, 2.05) is 47.8 Å². The lowest BCUT2D eigenvalue weighted by Gasteiger charge is -2.15. The Balaban J connectivity index is 1.48. The van der Waals surface area contributed by atoms with E-state index in [0.29, 0.717) is 22.3 Å². The van der Waals surface area contributed by atoms with Crippen LogP contribution in [0.1, 0.15) is 47.3 Å². The Morgan fingerprint density at radius 1 is 0.885 bits per heavy atom. The minimum atomic E-state index is -0.782. The van der Waals surface area contributed by atoms with Crippen LogP contribution in [0.4, 0.5) is 4.79 Å². The molecule has 2 aliphatic rings. The highest BCUT2D eigenvalue weighted by molar-refractivity contribution is 8.00. The zero-order chi connectivity index (χ0) is 17.8. The van der Waals surface area contributed by atoms with Gasteiger partial charge in [-0.1, -0.05) is 12.1 Å². The Labute approximate surface area is 161 Å². The SMILES string of the molecule is O=C(Oc1ncccc1[C@@H]1CCCS1)Oc1ncccc1[C@@H]1CCCS1. The summed E-state index contributed by atoms with van der Waals surface area (Å²) >= 11 is 3.75. The summed E-state index contributed by atoms with van der Waals surface area (Å²) in [5, 5.41) is 0.651. The van der Waals surface area contributed by atoms with Crippen molar-refractivity contribution in [3.05, 3.63) is 47.8 Å². The molecule has 26 heavy (non-hydrogen) atoms. The van der Waals surface area contributed by atoms with Crippen LogP contribution in [0.25, 0.3) is 0 Å². The van der Waals surface area contributed by atoms with Gasteiger partial charge < -0.3 is 9.47 Å².